The minimum Gasteiger partial charge on any atom is -0.491 e. The summed E-state index contributed by atoms with van der Waals surface area (Å²) < 4.78 is 40.2. The molecule has 1 saturated heterocycles. The van der Waals surface area contributed by atoms with Crippen LogP contribution in [0.15, 0.2) is 11.8 Å². The van der Waals surface area contributed by atoms with E-state index in [4.69, 9.17) is 38.9 Å². The zero-order valence-electron chi connectivity index (χ0n) is 43.5. The Hall–Kier alpha value is -4.76. The lowest BCUT2D eigenvalue weighted by atomic mass is 9.72. The van der Waals surface area contributed by atoms with Crippen LogP contribution in [0.3, 0.4) is 0 Å². The Balaban J connectivity index is 2.12. The molecule has 25 nitrogen and oxygen atoms in total. The second-order valence-corrected chi connectivity index (χ2v) is 22.3. The van der Waals surface area contributed by atoms with Crippen LogP contribution in [-0.2, 0) is 42.7 Å². The molecule has 6 amide bonds. The predicted molar refractivity (Wildman–Crippen MR) is 252 cm³/mol. The van der Waals surface area contributed by atoms with Gasteiger partial charge in [-0.3, -0.25) is 9.59 Å². The van der Waals surface area contributed by atoms with E-state index in [-0.39, 0.29) is 38.1 Å². The van der Waals surface area contributed by atoms with Crippen LogP contribution < -0.4 is 32.3 Å². The summed E-state index contributed by atoms with van der Waals surface area (Å²) in [6, 6.07) is -5.15. The minimum absolute atomic E-state index is 0.00492. The summed E-state index contributed by atoms with van der Waals surface area (Å²) in [4.78, 5) is 80.0. The van der Waals surface area contributed by atoms with Crippen molar-refractivity contribution in [2.45, 2.75) is 204 Å². The topological polar surface area (TPSA) is 358 Å². The Morgan fingerprint density at radius 3 is 1.83 bits per heavy atom. The maximum atomic E-state index is 13.8. The predicted octanol–water partition coefficient (Wildman–Crippen LogP) is 0.112. The molecule has 0 spiro atoms. The van der Waals surface area contributed by atoms with Crippen molar-refractivity contribution in [3.05, 3.63) is 11.8 Å². The Morgan fingerprint density at radius 2 is 1.28 bits per heavy atom. The standard InChI is InChI=1S/C46H81N7O18/c1-42(2,3)68-38(60)48-18-17-27(54)35(58)51-26-19-25(52-40(62)70-44(7,8)9)29(32-24(16-15-23(20-47)66-32)50-36(59)28(55)21-49-39(61)69-43(4,5)6)30(56)33(26)67-37-31(57)34(46(13,64)22-65-37)53(14)41(63)71-45(10,11)12/h15,24-34,37,54-57,64H,16-22,47H2,1-14H3,(H,48,60)(H,49,61)(H,50,59)(H,51,58)(H,52,62)/t24-,25+,26-,27+,28?,29?,30+,31-,32+,33+,34-,37-,46+/m1/s1. The number of hydrogen-bond donors (Lipinski definition) is 11. The highest BCUT2D eigenvalue weighted by Gasteiger charge is 2.56. The number of rotatable bonds is 15. The highest BCUT2D eigenvalue weighted by molar-refractivity contribution is 5.82. The Labute approximate surface area is 415 Å². The zero-order chi connectivity index (χ0) is 54.2. The molecular formula is C46H81N7O18. The fourth-order valence-electron chi connectivity index (χ4n) is 8.15. The molecule has 0 radical (unpaired) electrons. The monoisotopic (exact) mass is 1020 g/mol. The molecule has 1 aliphatic carbocycles. The van der Waals surface area contributed by atoms with Crippen molar-refractivity contribution in [2.75, 3.05) is 33.3 Å². The van der Waals surface area contributed by atoms with Crippen molar-refractivity contribution < 1.29 is 87.5 Å². The summed E-state index contributed by atoms with van der Waals surface area (Å²) in [5.74, 6) is -3.10. The van der Waals surface area contributed by atoms with Gasteiger partial charge in [-0.25, -0.2) is 19.2 Å². The fraction of sp³-hybridized carbons (Fsp3) is 0.826. The molecule has 12 N–H and O–H groups in total. The minimum atomic E-state index is -1.90. The van der Waals surface area contributed by atoms with E-state index < -0.39 is 150 Å². The highest BCUT2D eigenvalue weighted by atomic mass is 16.7. The van der Waals surface area contributed by atoms with Gasteiger partial charge in [-0.2, -0.15) is 0 Å². The summed E-state index contributed by atoms with van der Waals surface area (Å²) in [7, 11) is 1.29. The number of nitrogens with one attached hydrogen (secondary N) is 5. The highest BCUT2D eigenvalue weighted by Crippen LogP contribution is 2.39. The van der Waals surface area contributed by atoms with Crippen molar-refractivity contribution in [1.82, 2.24) is 31.5 Å². The average molecular weight is 1020 g/mol. The van der Waals surface area contributed by atoms with Gasteiger partial charge in [-0.15, -0.1) is 0 Å². The molecule has 25 heteroatoms. The summed E-state index contributed by atoms with van der Waals surface area (Å²) in [6.45, 7) is 19.5. The van der Waals surface area contributed by atoms with E-state index >= 15 is 0 Å². The smallest absolute Gasteiger partial charge is 0.410 e. The number of hydrogen-bond acceptors (Lipinski definition) is 19. The van der Waals surface area contributed by atoms with Crippen LogP contribution in [0.1, 0.15) is 109 Å². The molecule has 2 fully saturated rings. The number of likely N-dealkylation sites (N-methyl/N-ethyl adjacent to an activating group) is 1. The molecular weight excluding hydrogens is 939 g/mol. The number of carbonyl (C=O) groups excluding carboxylic acids is 6. The van der Waals surface area contributed by atoms with E-state index in [2.05, 4.69) is 26.6 Å². The molecule has 3 aliphatic rings. The van der Waals surface area contributed by atoms with Crippen LogP contribution in [0.5, 0.6) is 0 Å². The second-order valence-electron chi connectivity index (χ2n) is 22.3. The summed E-state index contributed by atoms with van der Waals surface area (Å²) in [5.41, 5.74) is 0.440. The first-order valence-electron chi connectivity index (χ1n) is 23.7. The van der Waals surface area contributed by atoms with Gasteiger partial charge in [0.05, 0.1) is 43.9 Å². The lowest BCUT2D eigenvalue weighted by molar-refractivity contribution is -0.305. The number of alkyl carbamates (subject to hydrolysis) is 3. The third-order valence-corrected chi connectivity index (χ3v) is 11.0. The van der Waals surface area contributed by atoms with Gasteiger partial charge in [-0.05, 0) is 115 Å². The molecule has 1 saturated carbocycles. The van der Waals surface area contributed by atoms with Gasteiger partial charge in [0.25, 0.3) is 5.91 Å². The van der Waals surface area contributed by atoms with E-state index in [9.17, 15) is 54.3 Å². The van der Waals surface area contributed by atoms with Gasteiger partial charge in [0.15, 0.2) is 6.29 Å². The maximum absolute atomic E-state index is 13.8. The molecule has 0 bridgehead atoms. The van der Waals surface area contributed by atoms with Gasteiger partial charge >= 0.3 is 24.4 Å². The summed E-state index contributed by atoms with van der Waals surface area (Å²) in [6.07, 6.45) is -14.7. The van der Waals surface area contributed by atoms with E-state index in [0.29, 0.717) is 0 Å². The van der Waals surface area contributed by atoms with Crippen LogP contribution in [0.4, 0.5) is 19.2 Å². The van der Waals surface area contributed by atoms with Crippen LogP contribution in [-0.4, -0.2) is 195 Å². The van der Waals surface area contributed by atoms with Crippen LogP contribution in [0, 0.1) is 5.92 Å². The number of nitrogens with zero attached hydrogens (tertiary/aromatic N) is 1. The lowest BCUT2D eigenvalue weighted by Crippen LogP contribution is -2.71. The average Bonchev–Trinajstić information content (AvgIpc) is 3.19. The number of amides is 6. The molecule has 71 heavy (non-hydrogen) atoms. The molecule has 408 valence electrons. The SMILES string of the molecule is CN(C(=O)OC(C)(C)C)[C@@H]1[C@@H](O)[C@@H](O[C@H]2[C@H](NC(=O)[C@@H](O)CCNC(=O)OC(C)(C)C)C[C@H](NC(=O)OC(C)(C)C)C([C@H]3OC(CN)=CC[C@H]3NC(=O)C(O)CNC(=O)OC(C)(C)C)[C@@H]2O)OC[C@]1(C)O. The third-order valence-electron chi connectivity index (χ3n) is 11.0. The van der Waals surface area contributed by atoms with Crippen LogP contribution in [0.2, 0.25) is 0 Å². The van der Waals surface area contributed by atoms with Crippen LogP contribution in [0.25, 0.3) is 0 Å². The van der Waals surface area contributed by atoms with Gasteiger partial charge in [0, 0.05) is 25.6 Å². The van der Waals surface area contributed by atoms with E-state index in [1.54, 1.807) is 89.2 Å². The van der Waals surface area contributed by atoms with Crippen molar-refractivity contribution in [3.8, 4) is 0 Å². The molecule has 0 aromatic heterocycles. The third kappa shape index (κ3) is 19.0. The van der Waals surface area contributed by atoms with E-state index in [1.165, 1.54) is 14.0 Å². The van der Waals surface area contributed by atoms with Gasteiger partial charge < -0.3 is 95.9 Å². The van der Waals surface area contributed by atoms with Gasteiger partial charge in [0.1, 0.15) is 64.3 Å². The summed E-state index contributed by atoms with van der Waals surface area (Å²) >= 11 is 0. The largest absolute Gasteiger partial charge is 0.491 e. The molecule has 2 heterocycles. The second kappa shape index (κ2) is 24.3. The normalized spacial score (nSPS) is 29.1. The zero-order valence-corrected chi connectivity index (χ0v) is 43.5. The number of aliphatic hydroxyl groups is 5. The van der Waals surface area contributed by atoms with Gasteiger partial charge in [-0.1, -0.05) is 0 Å². The Bertz CT molecular complexity index is 1880. The van der Waals surface area contributed by atoms with Crippen molar-refractivity contribution >= 4 is 36.2 Å². The van der Waals surface area contributed by atoms with Gasteiger partial charge in [0.2, 0.25) is 5.91 Å². The molecule has 3 rings (SSSR count). The van der Waals surface area contributed by atoms with Crippen molar-refractivity contribution in [3.63, 3.8) is 0 Å². The Morgan fingerprint density at radius 1 is 0.761 bits per heavy atom. The number of nitrogens with two attached hydrogens (primary N) is 1. The number of aliphatic hydroxyl groups excluding tert-OH is 4. The quantitative estimate of drug-likeness (QED) is 0.0970. The molecule has 2 unspecified atom stereocenters. The fourth-order valence-corrected chi connectivity index (χ4v) is 8.15. The first-order chi connectivity index (χ1) is 32.4. The maximum Gasteiger partial charge on any atom is 0.410 e. The molecule has 2 aliphatic heterocycles. The van der Waals surface area contributed by atoms with Crippen molar-refractivity contribution in [2.24, 2.45) is 11.7 Å². The Kier molecular flexibility index (Phi) is 20.7. The van der Waals surface area contributed by atoms with E-state index in [1.807, 2.05) is 0 Å². The van der Waals surface area contributed by atoms with Crippen LogP contribution >= 0.6 is 0 Å². The first kappa shape index (κ1) is 60.5. The molecule has 13 atom stereocenters. The number of carbonyl (C=O) groups is 6. The summed E-state index contributed by atoms with van der Waals surface area (Å²) in [5, 5.41) is 71.0. The van der Waals surface area contributed by atoms with E-state index in [0.717, 1.165) is 4.90 Å². The first-order valence-corrected chi connectivity index (χ1v) is 23.7. The molecule has 0 aromatic carbocycles. The number of ether oxygens (including phenoxy) is 7. The van der Waals surface area contributed by atoms with Crippen molar-refractivity contribution in [1.29, 1.82) is 0 Å². The molecule has 0 aromatic rings. The lowest BCUT2D eigenvalue weighted by Gasteiger charge is -2.52.